The molecule has 0 saturated carbocycles. The van der Waals surface area contributed by atoms with E-state index in [1.54, 1.807) is 6.07 Å². The lowest BCUT2D eigenvalue weighted by Crippen LogP contribution is -2.08. The zero-order chi connectivity index (χ0) is 13.7. The van der Waals surface area contributed by atoms with Gasteiger partial charge in [-0.15, -0.1) is 0 Å². The number of alkyl halides is 3. The van der Waals surface area contributed by atoms with Crippen LogP contribution in [0.15, 0.2) is 59.6 Å². The maximum Gasteiger partial charge on any atom is 0.417 e. The Kier molecular flexibility index (Phi) is 4.00. The van der Waals surface area contributed by atoms with Gasteiger partial charge in [-0.05, 0) is 11.6 Å². The Morgan fingerprint density at radius 3 is 2.21 bits per heavy atom. The third-order valence-corrected chi connectivity index (χ3v) is 2.61. The standard InChI is InChI=1S/C15H12F3N/c16-15(17,18)14-9-5-4-8-13(14)11-19-10-12-6-2-1-3-7-12/h1-9,11H,10H2. The van der Waals surface area contributed by atoms with Crippen LogP contribution < -0.4 is 0 Å². The highest BCUT2D eigenvalue weighted by molar-refractivity contribution is 5.82. The zero-order valence-electron chi connectivity index (χ0n) is 10.1. The van der Waals surface area contributed by atoms with E-state index in [1.165, 1.54) is 18.3 Å². The number of hydrogen-bond acceptors (Lipinski definition) is 1. The average molecular weight is 263 g/mol. The van der Waals surface area contributed by atoms with Gasteiger partial charge >= 0.3 is 6.18 Å². The number of aliphatic imine (C=N–C) groups is 1. The normalized spacial score (nSPS) is 11.9. The molecule has 2 rings (SSSR count). The zero-order valence-corrected chi connectivity index (χ0v) is 10.1. The van der Waals surface area contributed by atoms with Crippen molar-refractivity contribution < 1.29 is 13.2 Å². The van der Waals surface area contributed by atoms with Gasteiger partial charge in [0.05, 0.1) is 12.1 Å². The fraction of sp³-hybridized carbons (Fsp3) is 0.133. The van der Waals surface area contributed by atoms with Crippen LogP contribution in [-0.4, -0.2) is 6.21 Å². The summed E-state index contributed by atoms with van der Waals surface area (Å²) in [5, 5.41) is 0. The molecule has 0 N–H and O–H groups in total. The molecule has 0 unspecified atom stereocenters. The molecule has 0 aromatic heterocycles. The number of rotatable bonds is 3. The van der Waals surface area contributed by atoms with Crippen LogP contribution in [0.2, 0.25) is 0 Å². The summed E-state index contributed by atoms with van der Waals surface area (Å²) in [7, 11) is 0. The molecule has 2 aromatic rings. The van der Waals surface area contributed by atoms with Crippen LogP contribution >= 0.6 is 0 Å². The Labute approximate surface area is 109 Å². The Morgan fingerprint density at radius 2 is 1.53 bits per heavy atom. The molecular formula is C15H12F3N. The molecule has 0 saturated heterocycles. The van der Waals surface area contributed by atoms with Crippen LogP contribution in [0, 0.1) is 0 Å². The van der Waals surface area contributed by atoms with Crippen molar-refractivity contribution in [2.75, 3.05) is 0 Å². The van der Waals surface area contributed by atoms with Crippen molar-refractivity contribution in [3.63, 3.8) is 0 Å². The smallest absolute Gasteiger partial charge is 0.288 e. The van der Waals surface area contributed by atoms with Gasteiger partial charge in [0, 0.05) is 11.8 Å². The van der Waals surface area contributed by atoms with E-state index in [-0.39, 0.29) is 5.56 Å². The largest absolute Gasteiger partial charge is 0.417 e. The van der Waals surface area contributed by atoms with Gasteiger partial charge in [0.2, 0.25) is 0 Å². The van der Waals surface area contributed by atoms with Crippen LogP contribution in [-0.2, 0) is 12.7 Å². The summed E-state index contributed by atoms with van der Waals surface area (Å²) in [5.41, 5.74) is 0.390. The molecule has 0 heterocycles. The Balaban J connectivity index is 2.16. The lowest BCUT2D eigenvalue weighted by atomic mass is 10.1. The number of halogens is 3. The van der Waals surface area contributed by atoms with Crippen molar-refractivity contribution in [1.29, 1.82) is 0 Å². The average Bonchev–Trinajstić information content (AvgIpc) is 2.39. The molecule has 0 spiro atoms. The Hall–Kier alpha value is -2.10. The van der Waals surface area contributed by atoms with Crippen molar-refractivity contribution >= 4 is 6.21 Å². The van der Waals surface area contributed by atoms with Crippen LogP contribution in [0.3, 0.4) is 0 Å². The van der Waals surface area contributed by atoms with Crippen LogP contribution in [0.4, 0.5) is 13.2 Å². The Bertz CT molecular complexity index is 559. The van der Waals surface area contributed by atoms with Crippen LogP contribution in [0.1, 0.15) is 16.7 Å². The molecule has 0 atom stereocenters. The van der Waals surface area contributed by atoms with Gasteiger partial charge in [0.15, 0.2) is 0 Å². The first-order chi connectivity index (χ1) is 9.07. The van der Waals surface area contributed by atoms with Gasteiger partial charge in [0.25, 0.3) is 0 Å². The van der Waals surface area contributed by atoms with E-state index >= 15 is 0 Å². The lowest BCUT2D eigenvalue weighted by molar-refractivity contribution is -0.137. The number of nitrogens with zero attached hydrogens (tertiary/aromatic N) is 1. The summed E-state index contributed by atoms with van der Waals surface area (Å²) in [6.45, 7) is 0.368. The van der Waals surface area contributed by atoms with Gasteiger partial charge in [-0.3, -0.25) is 4.99 Å². The van der Waals surface area contributed by atoms with Crippen molar-refractivity contribution in [2.24, 2.45) is 4.99 Å². The van der Waals surface area contributed by atoms with E-state index in [0.29, 0.717) is 6.54 Å². The monoisotopic (exact) mass is 263 g/mol. The van der Waals surface area contributed by atoms with Gasteiger partial charge in [-0.1, -0.05) is 48.5 Å². The second-order valence-corrected chi connectivity index (χ2v) is 4.04. The minimum Gasteiger partial charge on any atom is -0.288 e. The van der Waals surface area contributed by atoms with E-state index in [9.17, 15) is 13.2 Å². The molecule has 0 bridgehead atoms. The second kappa shape index (κ2) is 5.69. The summed E-state index contributed by atoms with van der Waals surface area (Å²) in [6, 6.07) is 14.8. The van der Waals surface area contributed by atoms with E-state index in [1.807, 2.05) is 30.3 Å². The first-order valence-electron chi connectivity index (χ1n) is 5.77. The highest BCUT2D eigenvalue weighted by Gasteiger charge is 2.32. The van der Waals surface area contributed by atoms with E-state index in [0.717, 1.165) is 11.6 Å². The van der Waals surface area contributed by atoms with Crippen LogP contribution in [0.25, 0.3) is 0 Å². The van der Waals surface area contributed by atoms with Crippen molar-refractivity contribution in [2.45, 2.75) is 12.7 Å². The summed E-state index contributed by atoms with van der Waals surface area (Å²) >= 11 is 0. The molecule has 4 heteroatoms. The van der Waals surface area contributed by atoms with E-state index in [2.05, 4.69) is 4.99 Å². The Morgan fingerprint density at radius 1 is 0.895 bits per heavy atom. The predicted molar refractivity (Wildman–Crippen MR) is 69.2 cm³/mol. The number of hydrogen-bond donors (Lipinski definition) is 0. The fourth-order valence-electron chi connectivity index (χ4n) is 1.70. The topological polar surface area (TPSA) is 12.4 Å². The first-order valence-corrected chi connectivity index (χ1v) is 5.77. The first kappa shape index (κ1) is 13.3. The molecule has 98 valence electrons. The molecule has 0 radical (unpaired) electrons. The highest BCUT2D eigenvalue weighted by Crippen LogP contribution is 2.31. The molecule has 19 heavy (non-hydrogen) atoms. The fourth-order valence-corrected chi connectivity index (χ4v) is 1.70. The molecule has 0 aliphatic heterocycles. The summed E-state index contributed by atoms with van der Waals surface area (Å²) in [6.07, 6.45) is -3.08. The van der Waals surface area contributed by atoms with Gasteiger partial charge < -0.3 is 0 Å². The second-order valence-electron chi connectivity index (χ2n) is 4.04. The SMILES string of the molecule is FC(F)(F)c1ccccc1C=NCc1ccccc1. The molecular weight excluding hydrogens is 251 g/mol. The summed E-state index contributed by atoms with van der Waals surface area (Å²) < 4.78 is 38.2. The molecule has 0 amide bonds. The minimum absolute atomic E-state index is 0.0888. The maximum absolute atomic E-state index is 12.7. The third-order valence-electron chi connectivity index (χ3n) is 2.61. The summed E-state index contributed by atoms with van der Waals surface area (Å²) in [4.78, 5) is 4.06. The van der Waals surface area contributed by atoms with E-state index in [4.69, 9.17) is 0 Å². The van der Waals surface area contributed by atoms with Crippen LogP contribution in [0.5, 0.6) is 0 Å². The van der Waals surface area contributed by atoms with Gasteiger partial charge in [-0.25, -0.2) is 0 Å². The molecule has 1 nitrogen and oxygen atoms in total. The number of benzene rings is 2. The molecule has 0 aliphatic rings. The van der Waals surface area contributed by atoms with Crippen molar-refractivity contribution in [3.05, 3.63) is 71.3 Å². The molecule has 2 aromatic carbocycles. The van der Waals surface area contributed by atoms with Crippen molar-refractivity contribution in [1.82, 2.24) is 0 Å². The molecule has 0 fully saturated rings. The quantitative estimate of drug-likeness (QED) is 0.731. The highest BCUT2D eigenvalue weighted by atomic mass is 19.4. The van der Waals surface area contributed by atoms with Gasteiger partial charge in [0.1, 0.15) is 0 Å². The van der Waals surface area contributed by atoms with Crippen molar-refractivity contribution in [3.8, 4) is 0 Å². The minimum atomic E-state index is -4.35. The maximum atomic E-state index is 12.7. The summed E-state index contributed by atoms with van der Waals surface area (Å²) in [5.74, 6) is 0. The third kappa shape index (κ3) is 3.68. The lowest BCUT2D eigenvalue weighted by Gasteiger charge is -2.09. The predicted octanol–water partition coefficient (Wildman–Crippen LogP) is 4.32. The molecule has 0 aliphatic carbocycles. The van der Waals surface area contributed by atoms with Gasteiger partial charge in [-0.2, -0.15) is 13.2 Å². The van der Waals surface area contributed by atoms with E-state index < -0.39 is 11.7 Å².